The molecule has 5 rings (SSSR count). The van der Waals surface area contributed by atoms with E-state index in [1.807, 2.05) is 4.90 Å². The zero-order valence-electron chi connectivity index (χ0n) is 18.9. The molecule has 0 bridgehead atoms. The SMILES string of the molecule is O=C1OC2(CCNCC2)C(Cc2ccc(F)cc2)(CC2CC2)N1Cc1ccc(OC(F)F)cc1. The van der Waals surface area contributed by atoms with Crippen LogP contribution in [0.3, 0.4) is 0 Å². The second kappa shape index (κ2) is 9.13. The third-order valence-electron chi connectivity index (χ3n) is 7.50. The van der Waals surface area contributed by atoms with Crippen LogP contribution in [0, 0.1) is 11.7 Å². The summed E-state index contributed by atoms with van der Waals surface area (Å²) < 4.78 is 49.4. The lowest BCUT2D eigenvalue weighted by atomic mass is 9.67. The first-order chi connectivity index (χ1) is 16.4. The molecule has 2 aromatic carbocycles. The fourth-order valence-electron chi connectivity index (χ4n) is 5.68. The van der Waals surface area contributed by atoms with Gasteiger partial charge in [-0.05, 0) is 67.2 Å². The van der Waals surface area contributed by atoms with Crippen LogP contribution in [0.4, 0.5) is 18.0 Å². The summed E-state index contributed by atoms with van der Waals surface area (Å²) in [5.41, 5.74) is 0.557. The highest BCUT2D eigenvalue weighted by atomic mass is 19.3. The molecule has 1 N–H and O–H groups in total. The normalized spacial score (nSPS) is 24.0. The average Bonchev–Trinajstić information content (AvgIpc) is 3.60. The Balaban J connectivity index is 1.51. The molecule has 1 amide bonds. The Bertz CT molecular complexity index is 1000. The van der Waals surface area contributed by atoms with Crippen molar-refractivity contribution < 1.29 is 27.4 Å². The van der Waals surface area contributed by atoms with Crippen LogP contribution in [0.2, 0.25) is 0 Å². The van der Waals surface area contributed by atoms with Crippen LogP contribution in [0.5, 0.6) is 5.75 Å². The van der Waals surface area contributed by atoms with Gasteiger partial charge in [-0.25, -0.2) is 9.18 Å². The van der Waals surface area contributed by atoms with Crippen molar-refractivity contribution in [1.82, 2.24) is 10.2 Å². The second-order valence-electron chi connectivity index (χ2n) is 9.70. The maximum absolute atomic E-state index is 13.6. The van der Waals surface area contributed by atoms with Gasteiger partial charge in [-0.3, -0.25) is 4.90 Å². The Hall–Kier alpha value is -2.74. The number of nitrogens with zero attached hydrogens (tertiary/aromatic N) is 1. The van der Waals surface area contributed by atoms with Crippen LogP contribution in [-0.2, 0) is 17.7 Å². The molecule has 1 aliphatic carbocycles. The predicted molar refractivity (Wildman–Crippen MR) is 120 cm³/mol. The Morgan fingerprint density at radius 1 is 1.03 bits per heavy atom. The molecule has 3 aliphatic rings. The molecule has 1 unspecified atom stereocenters. The standard InChI is InChI=1S/C26H29F3N2O3/c27-21-7-3-19(4-8-21)16-25(15-18-1-2-18)26(11-13-30-14-12-26)34-24(32)31(25)17-20-5-9-22(10-6-20)33-23(28)29/h3-10,18,23,30H,1-2,11-17H2. The van der Waals surface area contributed by atoms with Gasteiger partial charge in [0.2, 0.25) is 0 Å². The molecule has 0 aromatic heterocycles. The maximum Gasteiger partial charge on any atom is 0.411 e. The molecule has 1 spiro atoms. The molecule has 2 aromatic rings. The Kier molecular flexibility index (Phi) is 6.18. The fourth-order valence-corrected chi connectivity index (χ4v) is 5.68. The van der Waals surface area contributed by atoms with Crippen molar-refractivity contribution in [2.75, 3.05) is 13.1 Å². The van der Waals surface area contributed by atoms with Crippen molar-refractivity contribution in [1.29, 1.82) is 0 Å². The zero-order chi connectivity index (χ0) is 23.8. The van der Waals surface area contributed by atoms with Crippen LogP contribution in [0.1, 0.15) is 43.2 Å². The molecule has 2 heterocycles. The van der Waals surface area contributed by atoms with Gasteiger partial charge in [0.1, 0.15) is 17.2 Å². The van der Waals surface area contributed by atoms with E-state index in [1.54, 1.807) is 24.3 Å². The van der Waals surface area contributed by atoms with Gasteiger partial charge in [0.25, 0.3) is 0 Å². The Morgan fingerprint density at radius 3 is 2.29 bits per heavy atom. The molecule has 0 radical (unpaired) electrons. The highest BCUT2D eigenvalue weighted by molar-refractivity contribution is 5.73. The molecule has 8 heteroatoms. The maximum atomic E-state index is 13.6. The predicted octanol–water partition coefficient (Wildman–Crippen LogP) is 5.28. The third-order valence-corrected chi connectivity index (χ3v) is 7.50. The number of piperidine rings is 1. The third kappa shape index (κ3) is 4.48. The van der Waals surface area contributed by atoms with Crippen LogP contribution in [-0.4, -0.2) is 41.8 Å². The lowest BCUT2D eigenvalue weighted by molar-refractivity contribution is -0.0502. The number of hydrogen-bond acceptors (Lipinski definition) is 4. The molecule has 2 aliphatic heterocycles. The number of benzene rings is 2. The summed E-state index contributed by atoms with van der Waals surface area (Å²) >= 11 is 0. The van der Waals surface area contributed by atoms with Gasteiger partial charge >= 0.3 is 12.7 Å². The van der Waals surface area contributed by atoms with Crippen LogP contribution in [0.15, 0.2) is 48.5 Å². The molecular formula is C26H29F3N2O3. The molecule has 182 valence electrons. The summed E-state index contributed by atoms with van der Waals surface area (Å²) in [6.07, 6.45) is 4.72. The summed E-state index contributed by atoms with van der Waals surface area (Å²) in [5, 5.41) is 3.38. The lowest BCUT2D eigenvalue weighted by Gasteiger charge is -2.49. The monoisotopic (exact) mass is 474 g/mol. The fraction of sp³-hybridized carbons (Fsp3) is 0.500. The second-order valence-corrected chi connectivity index (χ2v) is 9.70. The van der Waals surface area contributed by atoms with E-state index in [4.69, 9.17) is 4.74 Å². The van der Waals surface area contributed by atoms with Crippen molar-refractivity contribution in [2.45, 2.75) is 62.8 Å². The summed E-state index contributed by atoms with van der Waals surface area (Å²) in [7, 11) is 0. The van der Waals surface area contributed by atoms with E-state index in [2.05, 4.69) is 10.1 Å². The van der Waals surface area contributed by atoms with E-state index >= 15 is 0 Å². The number of carbonyl (C=O) groups is 1. The van der Waals surface area contributed by atoms with Gasteiger partial charge in [-0.15, -0.1) is 0 Å². The number of ether oxygens (including phenoxy) is 2. The Labute approximate surface area is 197 Å². The smallest absolute Gasteiger partial charge is 0.411 e. The van der Waals surface area contributed by atoms with Gasteiger partial charge in [-0.1, -0.05) is 37.1 Å². The van der Waals surface area contributed by atoms with E-state index < -0.39 is 17.8 Å². The summed E-state index contributed by atoms with van der Waals surface area (Å²) in [5.74, 6) is 0.303. The van der Waals surface area contributed by atoms with E-state index in [9.17, 15) is 18.0 Å². The topological polar surface area (TPSA) is 50.8 Å². The highest BCUT2D eigenvalue weighted by Gasteiger charge is 2.65. The van der Waals surface area contributed by atoms with Crippen molar-refractivity contribution in [3.8, 4) is 5.75 Å². The van der Waals surface area contributed by atoms with E-state index in [-0.39, 0.29) is 17.7 Å². The van der Waals surface area contributed by atoms with Crippen molar-refractivity contribution in [3.05, 3.63) is 65.5 Å². The molecule has 5 nitrogen and oxygen atoms in total. The van der Waals surface area contributed by atoms with Crippen LogP contribution >= 0.6 is 0 Å². The lowest BCUT2D eigenvalue weighted by Crippen LogP contribution is -2.63. The molecule has 2 saturated heterocycles. The first-order valence-corrected chi connectivity index (χ1v) is 11.9. The molecule has 1 atom stereocenters. The van der Waals surface area contributed by atoms with E-state index in [0.29, 0.717) is 31.7 Å². The molecule has 3 fully saturated rings. The summed E-state index contributed by atoms with van der Waals surface area (Å²) in [6.45, 7) is -1.06. The number of alkyl halides is 2. The van der Waals surface area contributed by atoms with Crippen LogP contribution < -0.4 is 10.1 Å². The molecule has 34 heavy (non-hydrogen) atoms. The summed E-state index contributed by atoms with van der Waals surface area (Å²) in [6, 6.07) is 12.9. The molecule has 1 saturated carbocycles. The average molecular weight is 475 g/mol. The zero-order valence-corrected chi connectivity index (χ0v) is 18.9. The number of carbonyl (C=O) groups excluding carboxylic acids is 1. The van der Waals surface area contributed by atoms with Gasteiger partial charge in [-0.2, -0.15) is 8.78 Å². The minimum absolute atomic E-state index is 0.0770. The van der Waals surface area contributed by atoms with Crippen molar-refractivity contribution >= 4 is 6.09 Å². The largest absolute Gasteiger partial charge is 0.440 e. The number of nitrogens with one attached hydrogen (secondary N) is 1. The van der Waals surface area contributed by atoms with E-state index in [1.165, 1.54) is 24.3 Å². The van der Waals surface area contributed by atoms with Gasteiger partial charge in [0.15, 0.2) is 0 Å². The van der Waals surface area contributed by atoms with Crippen molar-refractivity contribution in [2.24, 2.45) is 5.92 Å². The van der Waals surface area contributed by atoms with Gasteiger partial charge in [0.05, 0.1) is 5.54 Å². The highest BCUT2D eigenvalue weighted by Crippen LogP contribution is 2.54. The summed E-state index contributed by atoms with van der Waals surface area (Å²) in [4.78, 5) is 15.3. The number of rotatable bonds is 8. The minimum atomic E-state index is -2.89. The minimum Gasteiger partial charge on any atom is -0.440 e. The van der Waals surface area contributed by atoms with Gasteiger partial charge < -0.3 is 14.8 Å². The quantitative estimate of drug-likeness (QED) is 0.566. The Morgan fingerprint density at radius 2 is 1.68 bits per heavy atom. The molecular weight excluding hydrogens is 445 g/mol. The first-order valence-electron chi connectivity index (χ1n) is 11.9. The van der Waals surface area contributed by atoms with E-state index in [0.717, 1.165) is 43.5 Å². The number of amides is 1. The van der Waals surface area contributed by atoms with Gasteiger partial charge in [0, 0.05) is 19.4 Å². The number of halogens is 3. The number of hydrogen-bond donors (Lipinski definition) is 1. The van der Waals surface area contributed by atoms with Crippen LogP contribution in [0.25, 0.3) is 0 Å². The first kappa shape index (κ1) is 23.0. The van der Waals surface area contributed by atoms with Crippen molar-refractivity contribution in [3.63, 3.8) is 0 Å².